The van der Waals surface area contributed by atoms with Gasteiger partial charge in [0.1, 0.15) is 6.61 Å². The maximum atomic E-state index is 12.2. The summed E-state index contributed by atoms with van der Waals surface area (Å²) in [7, 11) is 0. The summed E-state index contributed by atoms with van der Waals surface area (Å²) in [6, 6.07) is 5.25. The quantitative estimate of drug-likeness (QED) is 0.775. The number of rotatable bonds is 4. The van der Waals surface area contributed by atoms with Crippen molar-refractivity contribution in [2.45, 2.75) is 33.1 Å². The van der Waals surface area contributed by atoms with Crippen LogP contribution in [0.3, 0.4) is 0 Å². The van der Waals surface area contributed by atoms with E-state index in [0.29, 0.717) is 5.56 Å². The van der Waals surface area contributed by atoms with Crippen LogP contribution >= 0.6 is 0 Å². The molecule has 0 amide bonds. The largest absolute Gasteiger partial charge is 0.414 e. The summed E-state index contributed by atoms with van der Waals surface area (Å²) in [5.41, 5.74) is 2.02. The van der Waals surface area contributed by atoms with Gasteiger partial charge < -0.3 is 4.74 Å². The number of carbonyl (C=O) groups is 1. The first-order valence-corrected chi connectivity index (χ1v) is 5.50. The van der Waals surface area contributed by atoms with Crippen molar-refractivity contribution in [3.8, 4) is 0 Å². The van der Waals surface area contributed by atoms with Gasteiger partial charge in [-0.05, 0) is 32.4 Å². The van der Waals surface area contributed by atoms with E-state index in [-0.39, 0.29) is 0 Å². The molecule has 2 nitrogen and oxygen atoms in total. The molecule has 100 valence electrons. The Bertz CT molecular complexity index is 438. The van der Waals surface area contributed by atoms with Crippen molar-refractivity contribution in [2.75, 3.05) is 6.61 Å². The summed E-state index contributed by atoms with van der Waals surface area (Å²) in [5, 5.41) is 0. The van der Waals surface area contributed by atoms with Crippen molar-refractivity contribution < 1.29 is 22.7 Å². The fraction of sp³-hybridized carbons (Fsp3) is 0.462. The van der Waals surface area contributed by atoms with Crippen LogP contribution in [0.2, 0.25) is 0 Å². The molecule has 1 aromatic rings. The number of hydrogen-bond donors (Lipinski definition) is 0. The van der Waals surface area contributed by atoms with Crippen LogP contribution in [0.25, 0.3) is 0 Å². The van der Waals surface area contributed by atoms with E-state index < -0.39 is 24.7 Å². The second kappa shape index (κ2) is 5.52. The zero-order valence-electron chi connectivity index (χ0n) is 10.5. The third kappa shape index (κ3) is 3.84. The zero-order valence-corrected chi connectivity index (χ0v) is 10.5. The molecule has 0 aliphatic heterocycles. The molecule has 0 aliphatic rings. The van der Waals surface area contributed by atoms with Crippen molar-refractivity contribution in [1.29, 1.82) is 0 Å². The minimum Gasteiger partial charge on any atom is -0.361 e. The number of aryl methyl sites for hydroxylation is 2. The monoisotopic (exact) mass is 260 g/mol. The smallest absolute Gasteiger partial charge is 0.361 e. The normalized spacial score (nSPS) is 13.4. The Hall–Kier alpha value is -1.36. The molecule has 1 aromatic carbocycles. The Morgan fingerprint density at radius 3 is 2.50 bits per heavy atom. The molecule has 0 saturated carbocycles. The first kappa shape index (κ1) is 14.7. The number of alkyl halides is 3. The summed E-state index contributed by atoms with van der Waals surface area (Å²) in [4.78, 5) is 11.8. The van der Waals surface area contributed by atoms with Gasteiger partial charge in [-0.1, -0.05) is 17.7 Å². The molecule has 0 saturated heterocycles. The molecule has 0 fully saturated rings. The van der Waals surface area contributed by atoms with Crippen molar-refractivity contribution in [2.24, 2.45) is 0 Å². The summed E-state index contributed by atoms with van der Waals surface area (Å²) in [6.45, 7) is 3.87. The Morgan fingerprint density at radius 1 is 1.33 bits per heavy atom. The van der Waals surface area contributed by atoms with Gasteiger partial charge >= 0.3 is 6.18 Å². The maximum Gasteiger partial charge on any atom is 0.414 e. The molecular formula is C13H15F3O2. The molecule has 18 heavy (non-hydrogen) atoms. The number of Topliss-reactive ketones (excluding diaryl/α,β-unsaturated/α-hetero) is 1. The molecule has 1 unspecified atom stereocenters. The molecule has 1 rings (SSSR count). The van der Waals surface area contributed by atoms with E-state index in [4.69, 9.17) is 0 Å². The minimum atomic E-state index is -4.44. The summed E-state index contributed by atoms with van der Waals surface area (Å²) < 4.78 is 41.2. The predicted molar refractivity (Wildman–Crippen MR) is 61.7 cm³/mol. The van der Waals surface area contributed by atoms with Crippen LogP contribution in [-0.4, -0.2) is 24.7 Å². The molecule has 0 N–H and O–H groups in total. The molecule has 1 atom stereocenters. The number of ether oxygens (including phenoxy) is 1. The Balaban J connectivity index is 2.69. The van der Waals surface area contributed by atoms with Crippen LogP contribution < -0.4 is 0 Å². The van der Waals surface area contributed by atoms with E-state index in [9.17, 15) is 18.0 Å². The lowest BCUT2D eigenvalue weighted by Gasteiger charge is -2.16. The predicted octanol–water partition coefficient (Wildman–Crippen LogP) is 3.45. The molecule has 0 aliphatic carbocycles. The average Bonchev–Trinajstić information content (AvgIpc) is 2.27. The third-order valence-electron chi connectivity index (χ3n) is 2.62. The molecule has 5 heteroatoms. The van der Waals surface area contributed by atoms with Gasteiger partial charge in [0, 0.05) is 5.56 Å². The second-order valence-electron chi connectivity index (χ2n) is 4.24. The third-order valence-corrected chi connectivity index (χ3v) is 2.62. The lowest BCUT2D eigenvalue weighted by Crippen LogP contribution is -2.30. The molecule has 0 spiro atoms. The summed E-state index contributed by atoms with van der Waals surface area (Å²) in [5.74, 6) is -0.438. The fourth-order valence-corrected chi connectivity index (χ4v) is 1.41. The highest BCUT2D eigenvalue weighted by molar-refractivity contribution is 5.98. The maximum absolute atomic E-state index is 12.2. The Labute approximate surface area is 104 Å². The van der Waals surface area contributed by atoms with Gasteiger partial charge in [0.2, 0.25) is 0 Å². The number of benzene rings is 1. The molecule has 0 heterocycles. The van der Waals surface area contributed by atoms with Gasteiger partial charge in [0.25, 0.3) is 0 Å². The van der Waals surface area contributed by atoms with Crippen molar-refractivity contribution in [3.63, 3.8) is 0 Å². The number of halogens is 3. The van der Waals surface area contributed by atoms with E-state index in [0.717, 1.165) is 18.1 Å². The topological polar surface area (TPSA) is 26.3 Å². The average molecular weight is 260 g/mol. The number of carbonyl (C=O) groups excluding carboxylic acids is 1. The van der Waals surface area contributed by atoms with Crippen LogP contribution in [0.5, 0.6) is 0 Å². The van der Waals surface area contributed by atoms with Crippen LogP contribution in [0.4, 0.5) is 13.2 Å². The highest BCUT2D eigenvalue weighted by atomic mass is 19.4. The van der Waals surface area contributed by atoms with Crippen LogP contribution in [0.1, 0.15) is 28.4 Å². The fourth-order valence-electron chi connectivity index (χ4n) is 1.41. The van der Waals surface area contributed by atoms with Gasteiger partial charge in [-0.2, -0.15) is 13.2 Å². The SMILES string of the molecule is Cc1ccc(C)c(C(=O)COC(C)C(F)(F)F)c1. The van der Waals surface area contributed by atoms with E-state index in [1.165, 1.54) is 0 Å². The first-order valence-electron chi connectivity index (χ1n) is 5.50. The molecule has 0 aromatic heterocycles. The summed E-state index contributed by atoms with van der Waals surface area (Å²) >= 11 is 0. The van der Waals surface area contributed by atoms with Crippen LogP contribution in [-0.2, 0) is 4.74 Å². The summed E-state index contributed by atoms with van der Waals surface area (Å²) in [6.07, 6.45) is -6.38. The van der Waals surface area contributed by atoms with Gasteiger partial charge in [0.15, 0.2) is 11.9 Å². The molecule has 0 bridgehead atoms. The highest BCUT2D eigenvalue weighted by Gasteiger charge is 2.37. The zero-order chi connectivity index (χ0) is 13.9. The molecular weight excluding hydrogens is 245 g/mol. The van der Waals surface area contributed by atoms with E-state index in [2.05, 4.69) is 4.74 Å². The molecule has 0 radical (unpaired) electrons. The first-order chi connectivity index (χ1) is 8.21. The Morgan fingerprint density at radius 2 is 1.94 bits per heavy atom. The van der Waals surface area contributed by atoms with Crippen molar-refractivity contribution >= 4 is 5.78 Å². The Kier molecular flexibility index (Phi) is 4.51. The lowest BCUT2D eigenvalue weighted by atomic mass is 10.0. The van der Waals surface area contributed by atoms with E-state index in [1.807, 2.05) is 13.0 Å². The minimum absolute atomic E-state index is 0.407. The lowest BCUT2D eigenvalue weighted by molar-refractivity contribution is -0.210. The number of hydrogen-bond acceptors (Lipinski definition) is 2. The van der Waals surface area contributed by atoms with Crippen LogP contribution in [0.15, 0.2) is 18.2 Å². The van der Waals surface area contributed by atoms with Crippen molar-refractivity contribution in [1.82, 2.24) is 0 Å². The van der Waals surface area contributed by atoms with Gasteiger partial charge in [0.05, 0.1) is 0 Å². The van der Waals surface area contributed by atoms with E-state index >= 15 is 0 Å². The van der Waals surface area contributed by atoms with Gasteiger partial charge in [-0.15, -0.1) is 0 Å². The standard InChI is InChI=1S/C13H15F3O2/c1-8-4-5-9(2)11(6-8)12(17)7-18-10(3)13(14,15)16/h4-6,10H,7H2,1-3H3. The van der Waals surface area contributed by atoms with Crippen LogP contribution in [0, 0.1) is 13.8 Å². The van der Waals surface area contributed by atoms with Crippen molar-refractivity contribution in [3.05, 3.63) is 34.9 Å². The van der Waals surface area contributed by atoms with Gasteiger partial charge in [-0.3, -0.25) is 4.79 Å². The highest BCUT2D eigenvalue weighted by Crippen LogP contribution is 2.22. The van der Waals surface area contributed by atoms with E-state index in [1.54, 1.807) is 19.1 Å². The number of ketones is 1. The second-order valence-corrected chi connectivity index (χ2v) is 4.24. The van der Waals surface area contributed by atoms with Gasteiger partial charge in [-0.25, -0.2) is 0 Å².